The van der Waals surface area contributed by atoms with E-state index in [1.54, 1.807) is 0 Å². The minimum absolute atomic E-state index is 0.202. The van der Waals surface area contributed by atoms with E-state index in [-0.39, 0.29) is 11.6 Å². The first-order valence-electron chi connectivity index (χ1n) is 5.01. The van der Waals surface area contributed by atoms with Gasteiger partial charge in [0.2, 0.25) is 0 Å². The summed E-state index contributed by atoms with van der Waals surface area (Å²) in [5.41, 5.74) is 1.58. The fourth-order valence-corrected chi connectivity index (χ4v) is 1.50. The zero-order valence-electron chi connectivity index (χ0n) is 9.18. The fourth-order valence-electron chi connectivity index (χ4n) is 1.50. The highest BCUT2D eigenvalue weighted by Gasteiger charge is 2.31. The van der Waals surface area contributed by atoms with Gasteiger partial charge in [0, 0.05) is 12.0 Å². The van der Waals surface area contributed by atoms with Crippen LogP contribution in [0, 0.1) is 5.41 Å². The standard InChI is InChI=1S/C11H21NO/c1-9(2)5-6-11(3,4)10-12-7-8-13-10/h5,10,12H,6-8H2,1-4H3. The third-order valence-corrected chi connectivity index (χ3v) is 2.46. The molecule has 0 saturated carbocycles. The maximum atomic E-state index is 5.61. The quantitative estimate of drug-likeness (QED) is 0.678. The molecule has 1 atom stereocenters. The Morgan fingerprint density at radius 2 is 2.23 bits per heavy atom. The molecule has 1 unspecified atom stereocenters. The summed E-state index contributed by atoms with van der Waals surface area (Å²) >= 11 is 0. The average Bonchev–Trinajstić information content (AvgIpc) is 2.53. The van der Waals surface area contributed by atoms with Crippen molar-refractivity contribution in [2.45, 2.75) is 40.3 Å². The molecular formula is C11H21NO. The van der Waals surface area contributed by atoms with Crippen molar-refractivity contribution in [3.63, 3.8) is 0 Å². The van der Waals surface area contributed by atoms with Crippen LogP contribution in [0.25, 0.3) is 0 Å². The van der Waals surface area contributed by atoms with Crippen molar-refractivity contribution in [1.82, 2.24) is 5.32 Å². The van der Waals surface area contributed by atoms with Gasteiger partial charge in [-0.05, 0) is 20.3 Å². The molecule has 1 rings (SSSR count). The lowest BCUT2D eigenvalue weighted by molar-refractivity contribution is 0.00896. The Morgan fingerprint density at radius 1 is 1.54 bits per heavy atom. The van der Waals surface area contributed by atoms with Crippen molar-refractivity contribution in [2.75, 3.05) is 13.2 Å². The molecular weight excluding hydrogens is 162 g/mol. The second kappa shape index (κ2) is 4.25. The predicted molar refractivity (Wildman–Crippen MR) is 55.6 cm³/mol. The highest BCUT2D eigenvalue weighted by atomic mass is 16.5. The molecule has 1 N–H and O–H groups in total. The summed E-state index contributed by atoms with van der Waals surface area (Å²) in [4.78, 5) is 0. The molecule has 1 heterocycles. The van der Waals surface area contributed by atoms with Crippen LogP contribution in [0.1, 0.15) is 34.1 Å². The van der Waals surface area contributed by atoms with E-state index in [9.17, 15) is 0 Å². The van der Waals surface area contributed by atoms with Crippen LogP contribution in [0.4, 0.5) is 0 Å². The van der Waals surface area contributed by atoms with Crippen LogP contribution in [0.2, 0.25) is 0 Å². The first-order valence-corrected chi connectivity index (χ1v) is 5.01. The van der Waals surface area contributed by atoms with Gasteiger partial charge in [-0.1, -0.05) is 25.5 Å². The average molecular weight is 183 g/mol. The SMILES string of the molecule is CC(C)=CCC(C)(C)C1NCCO1. The predicted octanol–water partition coefficient (Wildman–Crippen LogP) is 2.31. The van der Waals surface area contributed by atoms with Crippen molar-refractivity contribution < 1.29 is 4.74 Å². The lowest BCUT2D eigenvalue weighted by Crippen LogP contribution is -2.38. The molecule has 0 radical (unpaired) electrons. The molecule has 1 saturated heterocycles. The summed E-state index contributed by atoms with van der Waals surface area (Å²) in [5.74, 6) is 0. The summed E-state index contributed by atoms with van der Waals surface area (Å²) in [6.07, 6.45) is 3.58. The summed E-state index contributed by atoms with van der Waals surface area (Å²) < 4.78 is 5.61. The largest absolute Gasteiger partial charge is 0.361 e. The molecule has 0 aromatic carbocycles. The first-order chi connectivity index (χ1) is 6.02. The molecule has 2 heteroatoms. The van der Waals surface area contributed by atoms with Crippen LogP contribution in [0.3, 0.4) is 0 Å². The summed E-state index contributed by atoms with van der Waals surface area (Å²) in [7, 11) is 0. The molecule has 0 bridgehead atoms. The zero-order valence-corrected chi connectivity index (χ0v) is 9.18. The van der Waals surface area contributed by atoms with Crippen LogP contribution < -0.4 is 5.32 Å². The maximum absolute atomic E-state index is 5.61. The van der Waals surface area contributed by atoms with E-state index in [1.807, 2.05) is 0 Å². The van der Waals surface area contributed by atoms with Gasteiger partial charge in [-0.3, -0.25) is 5.32 Å². The van der Waals surface area contributed by atoms with E-state index in [0.717, 1.165) is 19.6 Å². The van der Waals surface area contributed by atoms with Crippen molar-refractivity contribution >= 4 is 0 Å². The van der Waals surface area contributed by atoms with Gasteiger partial charge in [-0.2, -0.15) is 0 Å². The monoisotopic (exact) mass is 183 g/mol. The minimum Gasteiger partial charge on any atom is -0.361 e. The van der Waals surface area contributed by atoms with Gasteiger partial charge < -0.3 is 4.74 Å². The highest BCUT2D eigenvalue weighted by Crippen LogP contribution is 2.28. The molecule has 1 aliphatic heterocycles. The molecule has 0 aromatic rings. The van der Waals surface area contributed by atoms with Crippen LogP contribution >= 0.6 is 0 Å². The normalized spacial score (nSPS) is 23.2. The van der Waals surface area contributed by atoms with E-state index in [1.165, 1.54) is 5.57 Å². The molecule has 76 valence electrons. The van der Waals surface area contributed by atoms with Crippen molar-refractivity contribution in [2.24, 2.45) is 5.41 Å². The third-order valence-electron chi connectivity index (χ3n) is 2.46. The second-order valence-corrected chi connectivity index (χ2v) is 4.68. The molecule has 0 aliphatic carbocycles. The molecule has 0 spiro atoms. The maximum Gasteiger partial charge on any atom is 0.113 e. The smallest absolute Gasteiger partial charge is 0.113 e. The Kier molecular flexibility index (Phi) is 3.51. The van der Waals surface area contributed by atoms with E-state index in [4.69, 9.17) is 4.74 Å². The molecule has 0 amide bonds. The Hall–Kier alpha value is -0.340. The number of rotatable bonds is 3. The van der Waals surface area contributed by atoms with Gasteiger partial charge in [-0.25, -0.2) is 0 Å². The van der Waals surface area contributed by atoms with Gasteiger partial charge >= 0.3 is 0 Å². The third kappa shape index (κ3) is 3.12. The van der Waals surface area contributed by atoms with Crippen LogP contribution in [-0.4, -0.2) is 19.4 Å². The Morgan fingerprint density at radius 3 is 2.69 bits per heavy atom. The summed E-state index contributed by atoms with van der Waals surface area (Å²) in [5, 5.41) is 3.37. The van der Waals surface area contributed by atoms with Crippen molar-refractivity contribution in [1.29, 1.82) is 0 Å². The fraction of sp³-hybridized carbons (Fsp3) is 0.818. The molecule has 13 heavy (non-hydrogen) atoms. The molecule has 0 aromatic heterocycles. The van der Waals surface area contributed by atoms with Crippen molar-refractivity contribution in [3.8, 4) is 0 Å². The molecule has 1 aliphatic rings. The molecule has 1 fully saturated rings. The van der Waals surface area contributed by atoms with Crippen molar-refractivity contribution in [3.05, 3.63) is 11.6 Å². The lowest BCUT2D eigenvalue weighted by Gasteiger charge is -2.29. The Labute approximate surface area is 81.4 Å². The Bertz CT molecular complexity index is 186. The number of hydrogen-bond donors (Lipinski definition) is 1. The number of hydrogen-bond acceptors (Lipinski definition) is 2. The lowest BCUT2D eigenvalue weighted by atomic mass is 9.86. The van der Waals surface area contributed by atoms with Crippen LogP contribution in [-0.2, 0) is 4.74 Å². The van der Waals surface area contributed by atoms with Gasteiger partial charge in [-0.15, -0.1) is 0 Å². The molecule has 2 nitrogen and oxygen atoms in total. The topological polar surface area (TPSA) is 21.3 Å². The number of nitrogens with one attached hydrogen (secondary N) is 1. The van der Waals surface area contributed by atoms with Crippen LogP contribution in [0.5, 0.6) is 0 Å². The zero-order chi connectivity index (χ0) is 9.90. The highest BCUT2D eigenvalue weighted by molar-refractivity contribution is 4.97. The first kappa shape index (κ1) is 10.7. The minimum atomic E-state index is 0.202. The number of allylic oxidation sites excluding steroid dienone is 2. The number of ether oxygens (including phenoxy) is 1. The van der Waals surface area contributed by atoms with E-state index >= 15 is 0 Å². The Balaban J connectivity index is 2.48. The van der Waals surface area contributed by atoms with Crippen LogP contribution in [0.15, 0.2) is 11.6 Å². The van der Waals surface area contributed by atoms with Gasteiger partial charge in [0.05, 0.1) is 6.61 Å². The van der Waals surface area contributed by atoms with E-state index in [2.05, 4.69) is 39.1 Å². The van der Waals surface area contributed by atoms with Gasteiger partial charge in [0.1, 0.15) is 6.23 Å². The van der Waals surface area contributed by atoms with Gasteiger partial charge in [0.15, 0.2) is 0 Å². The van der Waals surface area contributed by atoms with E-state index in [0.29, 0.717) is 0 Å². The second-order valence-electron chi connectivity index (χ2n) is 4.68. The summed E-state index contributed by atoms with van der Waals surface area (Å²) in [6.45, 7) is 10.6. The summed E-state index contributed by atoms with van der Waals surface area (Å²) in [6, 6.07) is 0. The van der Waals surface area contributed by atoms with E-state index < -0.39 is 0 Å². The van der Waals surface area contributed by atoms with Gasteiger partial charge in [0.25, 0.3) is 0 Å².